The molecule has 0 amide bonds. The fourth-order valence-electron chi connectivity index (χ4n) is 0.946. The van der Waals surface area contributed by atoms with E-state index in [1.54, 1.807) is 0 Å². The normalized spacial score (nSPS) is 13.3. The lowest BCUT2D eigenvalue weighted by molar-refractivity contribution is 0.174. The van der Waals surface area contributed by atoms with Gasteiger partial charge in [0.05, 0.1) is 11.1 Å². The van der Waals surface area contributed by atoms with Crippen molar-refractivity contribution in [2.75, 3.05) is 6.54 Å². The summed E-state index contributed by atoms with van der Waals surface area (Å²) >= 11 is 7.37. The van der Waals surface area contributed by atoms with Crippen LogP contribution in [-0.2, 0) is 0 Å². The molecule has 1 aromatic heterocycles. The van der Waals surface area contributed by atoms with Crippen molar-refractivity contribution in [3.63, 3.8) is 0 Å². The van der Waals surface area contributed by atoms with Crippen molar-refractivity contribution >= 4 is 22.9 Å². The number of hydrogen-bond donors (Lipinski definition) is 2. The molecule has 0 saturated heterocycles. The molecule has 12 heavy (non-hydrogen) atoms. The van der Waals surface area contributed by atoms with Crippen molar-refractivity contribution in [2.24, 2.45) is 5.73 Å². The maximum Gasteiger partial charge on any atom is 0.0894 e. The fraction of sp³-hybridized carbons (Fsp3) is 0.500. The molecule has 2 nitrogen and oxygen atoms in total. The minimum absolute atomic E-state index is 0.453. The van der Waals surface area contributed by atoms with E-state index in [9.17, 15) is 5.11 Å². The molecule has 0 aliphatic rings. The Kier molecular flexibility index (Phi) is 3.53. The van der Waals surface area contributed by atoms with E-state index < -0.39 is 6.10 Å². The molecule has 1 rings (SSSR count). The molecular formula is C8H12ClNOS. The molecule has 0 aromatic carbocycles. The first kappa shape index (κ1) is 9.99. The number of halogens is 1. The average Bonchev–Trinajstić information content (AvgIpc) is 2.33. The number of aliphatic hydroxyl groups is 1. The zero-order valence-corrected chi connectivity index (χ0v) is 8.45. The Balaban J connectivity index is 2.74. The second-order valence-corrected chi connectivity index (χ2v) is 4.34. The predicted octanol–water partition coefficient (Wildman–Crippen LogP) is 2.09. The first-order valence-corrected chi connectivity index (χ1v) is 4.98. The largest absolute Gasteiger partial charge is 0.388 e. The van der Waals surface area contributed by atoms with Crippen molar-refractivity contribution in [2.45, 2.75) is 19.4 Å². The van der Waals surface area contributed by atoms with E-state index in [0.29, 0.717) is 13.0 Å². The monoisotopic (exact) mass is 205 g/mol. The Bertz CT molecular complexity index is 242. The summed E-state index contributed by atoms with van der Waals surface area (Å²) in [5.41, 5.74) is 5.32. The summed E-state index contributed by atoms with van der Waals surface area (Å²) in [4.78, 5) is 1.95. The van der Waals surface area contributed by atoms with Crippen LogP contribution < -0.4 is 5.73 Å². The van der Waals surface area contributed by atoms with Gasteiger partial charge in [0.25, 0.3) is 0 Å². The van der Waals surface area contributed by atoms with E-state index in [4.69, 9.17) is 17.3 Å². The quantitative estimate of drug-likeness (QED) is 0.794. The minimum Gasteiger partial charge on any atom is -0.388 e. The first-order valence-electron chi connectivity index (χ1n) is 3.79. The highest BCUT2D eigenvalue weighted by Gasteiger charge is 2.10. The van der Waals surface area contributed by atoms with Crippen molar-refractivity contribution in [1.82, 2.24) is 0 Å². The highest BCUT2D eigenvalue weighted by atomic mass is 35.5. The van der Waals surface area contributed by atoms with Gasteiger partial charge in [0.1, 0.15) is 0 Å². The molecule has 1 aromatic rings. The van der Waals surface area contributed by atoms with Crippen LogP contribution in [0.5, 0.6) is 0 Å². The third-order valence-electron chi connectivity index (χ3n) is 1.64. The van der Waals surface area contributed by atoms with Crippen LogP contribution in [-0.4, -0.2) is 11.7 Å². The van der Waals surface area contributed by atoms with Gasteiger partial charge in [-0.2, -0.15) is 0 Å². The third-order valence-corrected chi connectivity index (χ3v) is 3.30. The van der Waals surface area contributed by atoms with Gasteiger partial charge in [0.2, 0.25) is 0 Å². The summed E-state index contributed by atoms with van der Waals surface area (Å²) < 4.78 is 0. The molecule has 4 heteroatoms. The summed E-state index contributed by atoms with van der Waals surface area (Å²) in [6, 6.07) is 1.81. The molecule has 0 spiro atoms. The van der Waals surface area contributed by atoms with Gasteiger partial charge in [0, 0.05) is 9.75 Å². The lowest BCUT2D eigenvalue weighted by atomic mass is 10.2. The van der Waals surface area contributed by atoms with Gasteiger partial charge in [-0.1, -0.05) is 11.6 Å². The lowest BCUT2D eigenvalue weighted by Gasteiger charge is -2.04. The van der Waals surface area contributed by atoms with Gasteiger partial charge in [-0.15, -0.1) is 11.3 Å². The van der Waals surface area contributed by atoms with Crippen LogP contribution in [0, 0.1) is 6.92 Å². The standard InChI is InChI=1S/C8H12ClNOS/c1-5-6(9)4-8(12-5)7(11)2-3-10/h4,7,11H,2-3,10H2,1H3. The van der Waals surface area contributed by atoms with Crippen LogP contribution in [0.25, 0.3) is 0 Å². The molecule has 3 N–H and O–H groups in total. The molecule has 1 heterocycles. The number of aryl methyl sites for hydroxylation is 1. The maximum absolute atomic E-state index is 9.53. The molecule has 0 bridgehead atoms. The van der Waals surface area contributed by atoms with Crippen LogP contribution in [0.2, 0.25) is 5.02 Å². The highest BCUT2D eigenvalue weighted by Crippen LogP contribution is 2.31. The molecule has 0 aliphatic heterocycles. The Morgan fingerprint density at radius 1 is 1.75 bits per heavy atom. The second-order valence-electron chi connectivity index (χ2n) is 2.65. The van der Waals surface area contributed by atoms with Crippen LogP contribution in [0.4, 0.5) is 0 Å². The first-order chi connectivity index (χ1) is 5.65. The number of thiophene rings is 1. The van der Waals surface area contributed by atoms with Crippen molar-refractivity contribution in [1.29, 1.82) is 0 Å². The minimum atomic E-state index is -0.453. The number of nitrogens with two attached hydrogens (primary N) is 1. The molecule has 68 valence electrons. The van der Waals surface area contributed by atoms with Gasteiger partial charge in [-0.05, 0) is 26.0 Å². The van der Waals surface area contributed by atoms with Crippen molar-refractivity contribution in [3.8, 4) is 0 Å². The van der Waals surface area contributed by atoms with Gasteiger partial charge >= 0.3 is 0 Å². The van der Waals surface area contributed by atoms with E-state index in [2.05, 4.69) is 0 Å². The van der Waals surface area contributed by atoms with E-state index in [0.717, 1.165) is 14.8 Å². The second kappa shape index (κ2) is 4.23. The summed E-state index contributed by atoms with van der Waals surface area (Å²) in [6.07, 6.45) is 0.141. The molecule has 0 fully saturated rings. The van der Waals surface area contributed by atoms with Crippen molar-refractivity contribution < 1.29 is 5.11 Å². The van der Waals surface area contributed by atoms with E-state index in [1.165, 1.54) is 11.3 Å². The molecule has 1 unspecified atom stereocenters. The average molecular weight is 206 g/mol. The number of hydrogen-bond acceptors (Lipinski definition) is 3. The summed E-state index contributed by atoms with van der Waals surface area (Å²) in [6.45, 7) is 2.43. The molecular weight excluding hydrogens is 194 g/mol. The fourth-order valence-corrected chi connectivity index (χ4v) is 2.18. The highest BCUT2D eigenvalue weighted by molar-refractivity contribution is 7.12. The summed E-state index contributed by atoms with van der Waals surface area (Å²) in [5, 5.41) is 10.3. The maximum atomic E-state index is 9.53. The molecule has 0 radical (unpaired) electrons. The molecule has 0 aliphatic carbocycles. The zero-order valence-electron chi connectivity index (χ0n) is 6.88. The SMILES string of the molecule is Cc1sc(C(O)CCN)cc1Cl. The van der Waals surface area contributed by atoms with Gasteiger partial charge < -0.3 is 10.8 Å². The topological polar surface area (TPSA) is 46.2 Å². The third kappa shape index (κ3) is 2.20. The molecule has 0 saturated carbocycles. The predicted molar refractivity (Wildman–Crippen MR) is 52.7 cm³/mol. The Labute approximate surface area is 81.0 Å². The van der Waals surface area contributed by atoms with Crippen LogP contribution in [0.3, 0.4) is 0 Å². The van der Waals surface area contributed by atoms with Gasteiger partial charge in [-0.3, -0.25) is 0 Å². The Morgan fingerprint density at radius 3 is 2.83 bits per heavy atom. The van der Waals surface area contributed by atoms with Crippen LogP contribution >= 0.6 is 22.9 Å². The Hall–Kier alpha value is -0.0900. The Morgan fingerprint density at radius 2 is 2.42 bits per heavy atom. The smallest absolute Gasteiger partial charge is 0.0894 e. The van der Waals surface area contributed by atoms with Gasteiger partial charge in [-0.25, -0.2) is 0 Å². The van der Waals surface area contributed by atoms with E-state index >= 15 is 0 Å². The van der Waals surface area contributed by atoms with E-state index in [-0.39, 0.29) is 0 Å². The van der Waals surface area contributed by atoms with Crippen molar-refractivity contribution in [3.05, 3.63) is 20.8 Å². The number of rotatable bonds is 3. The van der Waals surface area contributed by atoms with Gasteiger partial charge in [0.15, 0.2) is 0 Å². The van der Waals surface area contributed by atoms with Crippen LogP contribution in [0.15, 0.2) is 6.07 Å². The van der Waals surface area contributed by atoms with Crippen LogP contribution in [0.1, 0.15) is 22.3 Å². The zero-order chi connectivity index (χ0) is 9.14. The summed E-state index contributed by atoms with van der Waals surface area (Å²) in [5.74, 6) is 0. The molecule has 1 atom stereocenters. The lowest BCUT2D eigenvalue weighted by Crippen LogP contribution is -2.05. The number of aliphatic hydroxyl groups excluding tert-OH is 1. The van der Waals surface area contributed by atoms with E-state index in [1.807, 2.05) is 13.0 Å². The summed E-state index contributed by atoms with van der Waals surface area (Å²) in [7, 11) is 0.